The van der Waals surface area contributed by atoms with Gasteiger partial charge < -0.3 is 10.2 Å². The summed E-state index contributed by atoms with van der Waals surface area (Å²) in [5.74, 6) is 0.976. The molecule has 0 saturated heterocycles. The Bertz CT molecular complexity index is 605. The molecule has 0 aliphatic rings. The maximum atomic E-state index is 6.17. The van der Waals surface area contributed by atoms with Crippen molar-refractivity contribution in [3.63, 3.8) is 0 Å². The van der Waals surface area contributed by atoms with E-state index in [-0.39, 0.29) is 0 Å². The van der Waals surface area contributed by atoms with Gasteiger partial charge in [-0.3, -0.25) is 0 Å². The van der Waals surface area contributed by atoms with Gasteiger partial charge >= 0.3 is 0 Å². The Kier molecular flexibility index (Phi) is 7.03. The molecule has 0 radical (unpaired) electrons. The van der Waals surface area contributed by atoms with Crippen molar-refractivity contribution in [2.24, 2.45) is 0 Å². The number of benzene rings is 2. The second-order valence-corrected chi connectivity index (χ2v) is 6.80. The Hall–Kier alpha value is -1.23. The van der Waals surface area contributed by atoms with E-state index in [1.165, 1.54) is 4.90 Å². The van der Waals surface area contributed by atoms with Crippen LogP contribution in [-0.2, 0) is 6.54 Å². The second-order valence-electron chi connectivity index (χ2n) is 4.84. The molecule has 0 saturated carbocycles. The van der Waals surface area contributed by atoms with Crippen molar-refractivity contribution < 1.29 is 0 Å². The Morgan fingerprint density at radius 1 is 1.14 bits per heavy atom. The maximum absolute atomic E-state index is 6.17. The fourth-order valence-electron chi connectivity index (χ4n) is 1.93. The first-order valence-corrected chi connectivity index (χ1v) is 8.84. The molecule has 0 heterocycles. The lowest BCUT2D eigenvalue weighted by atomic mass is 10.2. The summed E-state index contributed by atoms with van der Waals surface area (Å²) in [6.45, 7) is 1.54. The lowest BCUT2D eigenvalue weighted by Gasteiger charge is -2.21. The number of halogens is 1. The van der Waals surface area contributed by atoms with Gasteiger partial charge in [-0.25, -0.2) is 0 Å². The number of nitrogens with one attached hydrogen (secondary N) is 1. The third-order valence-electron chi connectivity index (χ3n) is 3.10. The lowest BCUT2D eigenvalue weighted by Crippen LogP contribution is -2.37. The van der Waals surface area contributed by atoms with Crippen molar-refractivity contribution in [2.45, 2.75) is 11.4 Å². The summed E-state index contributed by atoms with van der Waals surface area (Å²) >= 11 is 13.4. The van der Waals surface area contributed by atoms with E-state index in [2.05, 4.69) is 29.6 Å². The van der Waals surface area contributed by atoms with Gasteiger partial charge in [-0.2, -0.15) is 0 Å². The van der Waals surface area contributed by atoms with Crippen LogP contribution >= 0.6 is 35.6 Å². The molecule has 5 heteroatoms. The number of hydrogen-bond donors (Lipinski definition) is 1. The van der Waals surface area contributed by atoms with E-state index in [1.807, 2.05) is 54.0 Å². The zero-order valence-electron chi connectivity index (χ0n) is 12.5. The second kappa shape index (κ2) is 9.03. The van der Waals surface area contributed by atoms with Gasteiger partial charge in [0.2, 0.25) is 0 Å². The normalized spacial score (nSPS) is 10.3. The van der Waals surface area contributed by atoms with Gasteiger partial charge in [-0.05, 0) is 36.0 Å². The number of thioether (sulfide) groups is 1. The highest BCUT2D eigenvalue weighted by atomic mass is 35.5. The number of nitrogens with zero attached hydrogens (tertiary/aromatic N) is 1. The SMILES string of the molecule is CN(Cc1ccccc1Cl)C(=S)NCCSc1ccccc1. The third kappa shape index (κ3) is 5.52. The Labute approximate surface area is 146 Å². The minimum atomic E-state index is 0.706. The number of rotatable bonds is 6. The molecule has 0 fully saturated rings. The van der Waals surface area contributed by atoms with Crippen LogP contribution in [0.15, 0.2) is 59.5 Å². The van der Waals surface area contributed by atoms with Gasteiger partial charge in [0.1, 0.15) is 0 Å². The van der Waals surface area contributed by atoms with Gasteiger partial charge in [0.15, 0.2) is 5.11 Å². The minimum absolute atomic E-state index is 0.706. The molecular formula is C17H19ClN2S2. The Morgan fingerprint density at radius 3 is 2.55 bits per heavy atom. The average Bonchev–Trinajstić information content (AvgIpc) is 2.54. The highest BCUT2D eigenvalue weighted by Gasteiger charge is 2.07. The summed E-state index contributed by atoms with van der Waals surface area (Å²) in [6, 6.07) is 18.2. The first kappa shape index (κ1) is 17.1. The standard InChI is InChI=1S/C17H19ClN2S2/c1-20(13-14-7-5-6-10-16(14)18)17(21)19-11-12-22-15-8-3-2-4-9-15/h2-10H,11-13H2,1H3,(H,19,21). The maximum Gasteiger partial charge on any atom is 0.169 e. The van der Waals surface area contributed by atoms with E-state index in [4.69, 9.17) is 23.8 Å². The molecule has 0 bridgehead atoms. The Morgan fingerprint density at radius 2 is 1.82 bits per heavy atom. The van der Waals surface area contributed by atoms with Crippen molar-refractivity contribution in [1.82, 2.24) is 10.2 Å². The first-order valence-electron chi connectivity index (χ1n) is 7.07. The minimum Gasteiger partial charge on any atom is -0.362 e. The van der Waals surface area contributed by atoms with Crippen LogP contribution in [0.25, 0.3) is 0 Å². The summed E-state index contributed by atoms with van der Waals surface area (Å²) in [5, 5.41) is 4.80. The van der Waals surface area contributed by atoms with Crippen LogP contribution in [-0.4, -0.2) is 29.4 Å². The topological polar surface area (TPSA) is 15.3 Å². The predicted molar refractivity (Wildman–Crippen MR) is 101 cm³/mol. The fourth-order valence-corrected chi connectivity index (χ4v) is 3.08. The van der Waals surface area contributed by atoms with Crippen molar-refractivity contribution in [1.29, 1.82) is 0 Å². The number of thiocarbonyl (C=S) groups is 1. The van der Waals surface area contributed by atoms with E-state index in [0.717, 1.165) is 28.0 Å². The largest absolute Gasteiger partial charge is 0.362 e. The van der Waals surface area contributed by atoms with Crippen molar-refractivity contribution in [2.75, 3.05) is 19.3 Å². The molecule has 2 nitrogen and oxygen atoms in total. The molecule has 2 aromatic rings. The van der Waals surface area contributed by atoms with E-state index >= 15 is 0 Å². The van der Waals surface area contributed by atoms with Crippen molar-refractivity contribution >= 4 is 40.7 Å². The van der Waals surface area contributed by atoms with E-state index in [0.29, 0.717) is 6.54 Å². The zero-order valence-corrected chi connectivity index (χ0v) is 14.8. The van der Waals surface area contributed by atoms with Crippen LogP contribution < -0.4 is 5.32 Å². The zero-order chi connectivity index (χ0) is 15.8. The molecular weight excluding hydrogens is 332 g/mol. The van der Waals surface area contributed by atoms with Crippen LogP contribution in [0.1, 0.15) is 5.56 Å². The molecule has 2 rings (SSSR count). The van der Waals surface area contributed by atoms with Crippen LogP contribution in [0.5, 0.6) is 0 Å². The van der Waals surface area contributed by atoms with Crippen LogP contribution in [0, 0.1) is 0 Å². The summed E-state index contributed by atoms with van der Waals surface area (Å²) in [5.41, 5.74) is 1.08. The van der Waals surface area contributed by atoms with Gasteiger partial charge in [0.25, 0.3) is 0 Å². The highest BCUT2D eigenvalue weighted by molar-refractivity contribution is 7.99. The Balaban J connectivity index is 1.71. The average molecular weight is 351 g/mol. The molecule has 116 valence electrons. The summed E-state index contributed by atoms with van der Waals surface area (Å²) in [7, 11) is 1.98. The van der Waals surface area contributed by atoms with Gasteiger partial charge in [0, 0.05) is 35.8 Å². The van der Waals surface area contributed by atoms with Crippen LogP contribution in [0.3, 0.4) is 0 Å². The van der Waals surface area contributed by atoms with Crippen molar-refractivity contribution in [3.05, 3.63) is 65.2 Å². The third-order valence-corrected chi connectivity index (χ3v) is 4.94. The monoisotopic (exact) mass is 350 g/mol. The molecule has 0 spiro atoms. The highest BCUT2D eigenvalue weighted by Crippen LogP contribution is 2.17. The van der Waals surface area contributed by atoms with E-state index in [1.54, 1.807) is 0 Å². The van der Waals surface area contributed by atoms with Crippen molar-refractivity contribution in [3.8, 4) is 0 Å². The molecule has 0 aliphatic heterocycles. The molecule has 22 heavy (non-hydrogen) atoms. The fraction of sp³-hybridized carbons (Fsp3) is 0.235. The van der Waals surface area contributed by atoms with Crippen LogP contribution in [0.2, 0.25) is 5.02 Å². The van der Waals surface area contributed by atoms with Gasteiger partial charge in [-0.1, -0.05) is 48.0 Å². The van der Waals surface area contributed by atoms with E-state index < -0.39 is 0 Å². The molecule has 2 aromatic carbocycles. The summed E-state index contributed by atoms with van der Waals surface area (Å²) in [6.07, 6.45) is 0. The summed E-state index contributed by atoms with van der Waals surface area (Å²) in [4.78, 5) is 3.28. The van der Waals surface area contributed by atoms with Gasteiger partial charge in [0.05, 0.1) is 0 Å². The number of hydrogen-bond acceptors (Lipinski definition) is 2. The molecule has 0 aliphatic carbocycles. The summed E-state index contributed by atoms with van der Waals surface area (Å²) < 4.78 is 0. The first-order chi connectivity index (χ1) is 10.7. The molecule has 0 aromatic heterocycles. The predicted octanol–water partition coefficient (Wildman–Crippen LogP) is 4.44. The van der Waals surface area contributed by atoms with E-state index in [9.17, 15) is 0 Å². The molecule has 0 unspecified atom stereocenters. The molecule has 0 amide bonds. The lowest BCUT2D eigenvalue weighted by molar-refractivity contribution is 0.491. The smallest absolute Gasteiger partial charge is 0.169 e. The quantitative estimate of drug-likeness (QED) is 0.470. The molecule has 0 atom stereocenters. The van der Waals surface area contributed by atoms with Gasteiger partial charge in [-0.15, -0.1) is 11.8 Å². The molecule has 1 N–H and O–H groups in total. The van der Waals surface area contributed by atoms with Crippen LogP contribution in [0.4, 0.5) is 0 Å².